The molecule has 0 amide bonds. The van der Waals surface area contributed by atoms with Gasteiger partial charge in [-0.2, -0.15) is 9.97 Å². The van der Waals surface area contributed by atoms with E-state index in [2.05, 4.69) is 14.9 Å². The number of aromatic nitrogens is 2. The van der Waals surface area contributed by atoms with Crippen LogP contribution in [0.4, 0.5) is 5.95 Å². The Morgan fingerprint density at radius 3 is 2.22 bits per heavy atom. The van der Waals surface area contributed by atoms with Crippen molar-refractivity contribution < 1.29 is 9.47 Å². The summed E-state index contributed by atoms with van der Waals surface area (Å²) in [5, 5.41) is 0. The Labute approximate surface area is 112 Å². The first kappa shape index (κ1) is 13.2. The molecule has 0 aliphatic carbocycles. The Bertz CT molecular complexity index is 373. The lowest BCUT2D eigenvalue weighted by molar-refractivity contribution is 0.368. The lowest BCUT2D eigenvalue weighted by atomic mass is 9.99. The van der Waals surface area contributed by atoms with Crippen molar-refractivity contribution in [3.8, 4) is 11.8 Å². The summed E-state index contributed by atoms with van der Waals surface area (Å²) in [4.78, 5) is 10.9. The molecule has 6 heteroatoms. The van der Waals surface area contributed by atoms with E-state index in [0.717, 1.165) is 31.8 Å². The number of hydrogen-bond donors (Lipinski definition) is 0. The number of piperidine rings is 1. The monoisotopic (exact) mass is 271 g/mol. The maximum atomic E-state index is 5.88. The standard InChI is InChI=1S/C12H18ClN3O2/c1-17-10-7-11(18-2)15-12(14-10)16-5-3-9(8-13)4-6-16/h7,9H,3-6,8H2,1-2H3. The van der Waals surface area contributed by atoms with Crippen LogP contribution in [0.1, 0.15) is 12.8 Å². The van der Waals surface area contributed by atoms with E-state index in [-0.39, 0.29) is 0 Å². The van der Waals surface area contributed by atoms with Gasteiger partial charge in [0.2, 0.25) is 17.7 Å². The van der Waals surface area contributed by atoms with Crippen molar-refractivity contribution in [1.82, 2.24) is 9.97 Å². The maximum Gasteiger partial charge on any atom is 0.231 e. The minimum absolute atomic E-state index is 0.524. The summed E-state index contributed by atoms with van der Waals surface area (Å²) in [6.07, 6.45) is 2.15. The third-order valence-electron chi connectivity index (χ3n) is 3.20. The van der Waals surface area contributed by atoms with Crippen molar-refractivity contribution in [2.75, 3.05) is 38.1 Å². The summed E-state index contributed by atoms with van der Waals surface area (Å²) in [6.45, 7) is 1.85. The molecule has 100 valence electrons. The summed E-state index contributed by atoms with van der Waals surface area (Å²) in [6, 6.07) is 1.68. The number of methoxy groups -OCH3 is 2. The van der Waals surface area contributed by atoms with Crippen LogP contribution in [0, 0.1) is 5.92 Å². The molecule has 1 aliphatic heterocycles. The van der Waals surface area contributed by atoms with Crippen LogP contribution in [-0.2, 0) is 0 Å². The zero-order chi connectivity index (χ0) is 13.0. The van der Waals surface area contributed by atoms with Gasteiger partial charge in [-0.25, -0.2) is 0 Å². The van der Waals surface area contributed by atoms with Gasteiger partial charge in [-0.1, -0.05) is 0 Å². The lowest BCUT2D eigenvalue weighted by Gasteiger charge is -2.31. The summed E-state index contributed by atoms with van der Waals surface area (Å²) in [5.74, 6) is 3.05. The highest BCUT2D eigenvalue weighted by Crippen LogP contribution is 2.25. The van der Waals surface area contributed by atoms with Crippen molar-refractivity contribution >= 4 is 17.5 Å². The highest BCUT2D eigenvalue weighted by molar-refractivity contribution is 6.18. The van der Waals surface area contributed by atoms with Crippen LogP contribution in [0.2, 0.25) is 0 Å². The second-order valence-electron chi connectivity index (χ2n) is 4.34. The van der Waals surface area contributed by atoms with Gasteiger partial charge < -0.3 is 14.4 Å². The SMILES string of the molecule is COc1cc(OC)nc(N2CCC(CCl)CC2)n1. The Kier molecular flexibility index (Phi) is 4.47. The predicted octanol–water partition coefficient (Wildman–Crippen LogP) is 1.95. The number of halogens is 1. The van der Waals surface area contributed by atoms with Gasteiger partial charge in [0.25, 0.3) is 0 Å². The molecular weight excluding hydrogens is 254 g/mol. The van der Waals surface area contributed by atoms with E-state index < -0.39 is 0 Å². The van der Waals surface area contributed by atoms with E-state index in [4.69, 9.17) is 21.1 Å². The number of anilines is 1. The Balaban J connectivity index is 2.13. The van der Waals surface area contributed by atoms with E-state index in [1.54, 1.807) is 20.3 Å². The second kappa shape index (κ2) is 6.09. The largest absolute Gasteiger partial charge is 0.481 e. The fourth-order valence-corrected chi connectivity index (χ4v) is 2.34. The Morgan fingerprint density at radius 1 is 1.22 bits per heavy atom. The number of ether oxygens (including phenoxy) is 2. The number of alkyl halides is 1. The van der Waals surface area contributed by atoms with E-state index in [1.165, 1.54) is 0 Å². The summed E-state index contributed by atoms with van der Waals surface area (Å²) in [5.41, 5.74) is 0. The number of rotatable bonds is 4. The van der Waals surface area contributed by atoms with Gasteiger partial charge in [-0.15, -0.1) is 11.6 Å². The van der Waals surface area contributed by atoms with E-state index in [9.17, 15) is 0 Å². The summed E-state index contributed by atoms with van der Waals surface area (Å²) < 4.78 is 10.3. The van der Waals surface area contributed by atoms with Crippen molar-refractivity contribution in [3.63, 3.8) is 0 Å². The fourth-order valence-electron chi connectivity index (χ4n) is 2.03. The highest BCUT2D eigenvalue weighted by atomic mass is 35.5. The second-order valence-corrected chi connectivity index (χ2v) is 4.65. The van der Waals surface area contributed by atoms with Gasteiger partial charge in [0.15, 0.2) is 0 Å². The molecule has 5 nitrogen and oxygen atoms in total. The van der Waals surface area contributed by atoms with E-state index in [1.807, 2.05) is 0 Å². The van der Waals surface area contributed by atoms with Gasteiger partial charge in [0, 0.05) is 19.0 Å². The van der Waals surface area contributed by atoms with Crippen LogP contribution >= 0.6 is 11.6 Å². The molecule has 1 saturated heterocycles. The fraction of sp³-hybridized carbons (Fsp3) is 0.667. The van der Waals surface area contributed by atoms with Gasteiger partial charge >= 0.3 is 0 Å². The first-order valence-corrected chi connectivity index (χ1v) is 6.58. The minimum atomic E-state index is 0.524. The third-order valence-corrected chi connectivity index (χ3v) is 3.64. The molecule has 0 aromatic carbocycles. The van der Waals surface area contributed by atoms with Crippen LogP contribution in [0.5, 0.6) is 11.8 Å². The molecule has 2 heterocycles. The molecule has 0 radical (unpaired) electrons. The van der Waals surface area contributed by atoms with Crippen LogP contribution in [0.25, 0.3) is 0 Å². The van der Waals surface area contributed by atoms with Crippen molar-refractivity contribution in [2.24, 2.45) is 5.92 Å². The normalized spacial score (nSPS) is 16.7. The maximum absolute atomic E-state index is 5.88. The molecule has 1 aromatic rings. The zero-order valence-corrected chi connectivity index (χ0v) is 11.5. The zero-order valence-electron chi connectivity index (χ0n) is 10.7. The molecule has 0 spiro atoms. The molecule has 1 aromatic heterocycles. The summed E-state index contributed by atoms with van der Waals surface area (Å²) in [7, 11) is 3.18. The van der Waals surface area contributed by atoms with Crippen molar-refractivity contribution in [2.45, 2.75) is 12.8 Å². The molecule has 1 fully saturated rings. The molecule has 0 bridgehead atoms. The number of nitrogens with zero attached hydrogens (tertiary/aromatic N) is 3. The van der Waals surface area contributed by atoms with Crippen LogP contribution in [0.3, 0.4) is 0 Å². The molecule has 1 aliphatic rings. The van der Waals surface area contributed by atoms with E-state index >= 15 is 0 Å². The van der Waals surface area contributed by atoms with Crippen molar-refractivity contribution in [3.05, 3.63) is 6.07 Å². The van der Waals surface area contributed by atoms with Crippen molar-refractivity contribution in [1.29, 1.82) is 0 Å². The molecular formula is C12H18ClN3O2. The quantitative estimate of drug-likeness (QED) is 0.784. The average Bonchev–Trinajstić information content (AvgIpc) is 2.46. The smallest absolute Gasteiger partial charge is 0.231 e. The van der Waals surface area contributed by atoms with Gasteiger partial charge in [-0.3, -0.25) is 0 Å². The molecule has 0 unspecified atom stereocenters. The third kappa shape index (κ3) is 2.96. The lowest BCUT2D eigenvalue weighted by Crippen LogP contribution is -2.35. The topological polar surface area (TPSA) is 47.5 Å². The van der Waals surface area contributed by atoms with Crippen LogP contribution in [-0.4, -0.2) is 43.2 Å². The Hall–Kier alpha value is -1.23. The molecule has 0 atom stereocenters. The minimum Gasteiger partial charge on any atom is -0.481 e. The first-order chi connectivity index (χ1) is 8.76. The molecule has 18 heavy (non-hydrogen) atoms. The van der Waals surface area contributed by atoms with Gasteiger partial charge in [0.05, 0.1) is 20.3 Å². The number of hydrogen-bond acceptors (Lipinski definition) is 5. The van der Waals surface area contributed by atoms with Crippen LogP contribution in [0.15, 0.2) is 6.07 Å². The summed E-state index contributed by atoms with van der Waals surface area (Å²) >= 11 is 5.88. The first-order valence-electron chi connectivity index (χ1n) is 6.04. The van der Waals surface area contributed by atoms with E-state index in [0.29, 0.717) is 23.6 Å². The van der Waals surface area contributed by atoms with Crippen LogP contribution < -0.4 is 14.4 Å². The Morgan fingerprint density at radius 2 is 1.78 bits per heavy atom. The van der Waals surface area contributed by atoms with Gasteiger partial charge in [-0.05, 0) is 18.8 Å². The predicted molar refractivity (Wildman–Crippen MR) is 70.8 cm³/mol. The van der Waals surface area contributed by atoms with Gasteiger partial charge in [0.1, 0.15) is 0 Å². The molecule has 2 rings (SSSR count). The average molecular weight is 272 g/mol. The molecule has 0 N–H and O–H groups in total. The molecule has 0 saturated carbocycles. The highest BCUT2D eigenvalue weighted by Gasteiger charge is 2.21.